The minimum absolute atomic E-state index is 0. The second kappa shape index (κ2) is 18.6. The molecule has 0 bridgehead atoms. The first-order chi connectivity index (χ1) is 21.8. The third-order valence-electron chi connectivity index (χ3n) is 8.79. The van der Waals surface area contributed by atoms with Crippen molar-refractivity contribution >= 4 is 27.5 Å². The first kappa shape index (κ1) is 40.3. The number of hydrogen-bond donors (Lipinski definition) is 1. The van der Waals surface area contributed by atoms with Crippen LogP contribution in [-0.4, -0.2) is 20.9 Å². The molecule has 4 aromatic rings. The molecule has 1 aromatic heterocycles. The summed E-state index contributed by atoms with van der Waals surface area (Å²) < 4.78 is 0. The number of nitrogens with zero attached hydrogens (tertiary/aromatic N) is 2. The number of aromatic nitrogens is 2. The van der Waals surface area contributed by atoms with Crippen LogP contribution >= 0.6 is 0 Å². The maximum Gasteiger partial charge on any atom is 0.162 e. The molecule has 0 spiro atoms. The van der Waals surface area contributed by atoms with E-state index >= 15 is 0 Å². The van der Waals surface area contributed by atoms with Crippen molar-refractivity contribution in [3.8, 4) is 11.3 Å². The fourth-order valence-electron chi connectivity index (χ4n) is 6.52. The van der Waals surface area contributed by atoms with E-state index in [4.69, 9.17) is 9.97 Å². The van der Waals surface area contributed by atoms with Gasteiger partial charge in [0.15, 0.2) is 5.78 Å². The van der Waals surface area contributed by atoms with Gasteiger partial charge in [-0.2, -0.15) is 0 Å². The van der Waals surface area contributed by atoms with Crippen molar-refractivity contribution in [1.82, 2.24) is 9.97 Å². The van der Waals surface area contributed by atoms with Crippen LogP contribution < -0.4 is 0 Å². The molecule has 0 fully saturated rings. The quantitative estimate of drug-likeness (QED) is 0.0670. The molecule has 4 nitrogen and oxygen atoms in total. The molecular formula is C42H57IrN2O2-. The molecule has 0 atom stereocenters. The standard InChI is InChI=1S/C29H33N2.C13H24O2.Ir/c1-17(2)10-22-15-23-8-9-26-28(25-13-19(5)12-20(6)14-25)30-21(7)31-29(26)27(23)24(16-22)11-18(3)4;1-5-10(6-2)12(14)9-13(15)11(7-3)8-4;/h8-9,12-13,15-18H,10-11H2,1-7H3;9-11,14H,5-8H2,1-4H3;/q-1;;/b;12-9-;. The number of hydrogen-bond acceptors (Lipinski definition) is 4. The van der Waals surface area contributed by atoms with Gasteiger partial charge in [0, 0.05) is 43.4 Å². The predicted octanol–water partition coefficient (Wildman–Crippen LogP) is 11.4. The monoisotopic (exact) mass is 814 g/mol. The Morgan fingerprint density at radius 2 is 1.45 bits per heavy atom. The Morgan fingerprint density at radius 3 is 2.00 bits per heavy atom. The molecule has 0 unspecified atom stereocenters. The Balaban J connectivity index is 0.000000410. The third kappa shape index (κ3) is 10.8. The van der Waals surface area contributed by atoms with E-state index in [1.807, 2.05) is 34.6 Å². The van der Waals surface area contributed by atoms with Gasteiger partial charge in [-0.1, -0.05) is 93.5 Å². The van der Waals surface area contributed by atoms with Gasteiger partial charge in [-0.15, -0.1) is 34.9 Å². The van der Waals surface area contributed by atoms with Crippen LogP contribution in [0, 0.1) is 50.5 Å². The zero-order chi connectivity index (χ0) is 34.1. The van der Waals surface area contributed by atoms with Crippen LogP contribution in [-0.2, 0) is 37.7 Å². The maximum atomic E-state index is 11.7. The van der Waals surface area contributed by atoms with Crippen molar-refractivity contribution < 1.29 is 30.0 Å². The van der Waals surface area contributed by atoms with Gasteiger partial charge >= 0.3 is 0 Å². The molecule has 3 aromatic carbocycles. The molecule has 5 heteroatoms. The molecule has 4 rings (SSSR count). The summed E-state index contributed by atoms with van der Waals surface area (Å²) in [6, 6.07) is 17.1. The minimum atomic E-state index is 0. The zero-order valence-corrected chi connectivity index (χ0v) is 33.1. The van der Waals surface area contributed by atoms with Gasteiger partial charge in [-0.25, -0.2) is 4.98 Å². The van der Waals surface area contributed by atoms with Crippen LogP contribution in [0.3, 0.4) is 0 Å². The number of aryl methyl sites for hydroxylation is 3. The van der Waals surface area contributed by atoms with Gasteiger partial charge in [0.2, 0.25) is 0 Å². The number of carbonyl (C=O) groups excluding carboxylic acids is 1. The van der Waals surface area contributed by atoms with Gasteiger partial charge in [0.1, 0.15) is 5.82 Å². The molecule has 0 saturated carbocycles. The van der Waals surface area contributed by atoms with Crippen LogP contribution in [0.4, 0.5) is 0 Å². The fraction of sp³-hybridized carbons (Fsp3) is 0.500. The topological polar surface area (TPSA) is 63.1 Å². The van der Waals surface area contributed by atoms with Crippen molar-refractivity contribution in [2.75, 3.05) is 0 Å². The molecular weight excluding hydrogens is 757 g/mol. The summed E-state index contributed by atoms with van der Waals surface area (Å²) in [5.41, 5.74) is 8.30. The Labute approximate surface area is 298 Å². The van der Waals surface area contributed by atoms with Crippen LogP contribution in [0.5, 0.6) is 0 Å². The maximum absolute atomic E-state index is 11.7. The largest absolute Gasteiger partial charge is 0.512 e. The van der Waals surface area contributed by atoms with E-state index in [2.05, 4.69) is 84.0 Å². The van der Waals surface area contributed by atoms with Crippen LogP contribution in [0.1, 0.15) is 109 Å². The van der Waals surface area contributed by atoms with Crippen LogP contribution in [0.2, 0.25) is 0 Å². The average Bonchev–Trinajstić information content (AvgIpc) is 2.97. The smallest absolute Gasteiger partial charge is 0.162 e. The number of benzene rings is 3. The van der Waals surface area contributed by atoms with E-state index in [0.717, 1.165) is 72.1 Å². The molecule has 47 heavy (non-hydrogen) atoms. The normalized spacial score (nSPS) is 11.9. The fourth-order valence-corrected chi connectivity index (χ4v) is 6.52. The van der Waals surface area contributed by atoms with E-state index in [1.165, 1.54) is 33.5 Å². The van der Waals surface area contributed by atoms with Crippen molar-refractivity contribution in [3.63, 3.8) is 0 Å². The molecule has 0 aliphatic carbocycles. The van der Waals surface area contributed by atoms with Crippen molar-refractivity contribution in [1.29, 1.82) is 0 Å². The Morgan fingerprint density at radius 1 is 0.830 bits per heavy atom. The summed E-state index contributed by atoms with van der Waals surface area (Å²) in [7, 11) is 0. The van der Waals surface area contributed by atoms with E-state index in [0.29, 0.717) is 11.8 Å². The number of ketones is 1. The average molecular weight is 814 g/mol. The van der Waals surface area contributed by atoms with E-state index in [9.17, 15) is 9.90 Å². The molecule has 1 heterocycles. The predicted molar refractivity (Wildman–Crippen MR) is 196 cm³/mol. The number of aliphatic hydroxyl groups is 1. The van der Waals surface area contributed by atoms with Crippen LogP contribution in [0.25, 0.3) is 32.9 Å². The minimum Gasteiger partial charge on any atom is -0.512 e. The molecule has 0 saturated heterocycles. The van der Waals surface area contributed by atoms with E-state index in [-0.39, 0.29) is 43.5 Å². The second-order valence-corrected chi connectivity index (χ2v) is 13.9. The van der Waals surface area contributed by atoms with Crippen molar-refractivity contribution in [2.24, 2.45) is 23.7 Å². The second-order valence-electron chi connectivity index (χ2n) is 13.9. The molecule has 1 radical (unpaired) electrons. The molecule has 0 amide bonds. The first-order valence-electron chi connectivity index (χ1n) is 17.5. The zero-order valence-electron chi connectivity index (χ0n) is 30.7. The summed E-state index contributed by atoms with van der Waals surface area (Å²) in [5, 5.41) is 13.4. The van der Waals surface area contributed by atoms with Gasteiger partial charge in [-0.05, 0) is 84.9 Å². The Hall–Kier alpha value is -2.88. The van der Waals surface area contributed by atoms with Gasteiger partial charge in [0.05, 0.1) is 11.3 Å². The molecule has 1 N–H and O–H groups in total. The van der Waals surface area contributed by atoms with Crippen LogP contribution in [0.15, 0.2) is 48.2 Å². The number of aliphatic hydroxyl groups excluding tert-OH is 1. The van der Waals surface area contributed by atoms with Crippen molar-refractivity contribution in [2.45, 2.75) is 115 Å². The molecule has 257 valence electrons. The number of allylic oxidation sites excluding steroid dienone is 2. The van der Waals surface area contributed by atoms with Gasteiger partial charge < -0.3 is 5.11 Å². The van der Waals surface area contributed by atoms with Gasteiger partial charge in [0.25, 0.3) is 0 Å². The first-order valence-corrected chi connectivity index (χ1v) is 17.5. The summed E-state index contributed by atoms with van der Waals surface area (Å²) in [6.07, 6.45) is 7.06. The summed E-state index contributed by atoms with van der Waals surface area (Å²) in [6.45, 7) is 23.5. The molecule has 0 aliphatic rings. The number of carbonyl (C=O) groups is 1. The Kier molecular flexibility index (Phi) is 16.0. The van der Waals surface area contributed by atoms with E-state index in [1.54, 1.807) is 0 Å². The SMILES string of the molecule is CCC(CC)C(=O)/C=C(\O)C(CC)CC.Cc1[c-]c(-c2nc(C)nc3c2ccc2cc(CC(C)C)cc(CC(C)C)c23)cc(C)c1.[Ir]. The van der Waals surface area contributed by atoms with Gasteiger partial charge in [-0.3, -0.25) is 9.78 Å². The summed E-state index contributed by atoms with van der Waals surface area (Å²) in [5.74, 6) is 2.58. The molecule has 0 aliphatic heterocycles. The number of fused-ring (bicyclic) bond motifs is 3. The third-order valence-corrected chi connectivity index (χ3v) is 8.79. The van der Waals surface area contributed by atoms with E-state index < -0.39 is 0 Å². The summed E-state index contributed by atoms with van der Waals surface area (Å²) in [4.78, 5) is 21.5. The Bertz CT molecular complexity index is 1640. The van der Waals surface area contributed by atoms with Crippen molar-refractivity contribution in [3.05, 3.63) is 82.4 Å². The summed E-state index contributed by atoms with van der Waals surface area (Å²) >= 11 is 0. The number of rotatable bonds is 12.